The standard InChI is InChI=1S/C27H18ClF4N11O/c28-18-2-4-21(43-14-36-39-40-43)24(25(18)29)16-1-3-19(35-10-16)22(13-41-8-6-20(38-41)26(33)44)42-12-17(11-37-42)15-5-7-34-23(9-15)27(30,31)32/h1-12,14,22H,13H2,(H2,33,44)/t22-/m1/s1. The summed E-state index contributed by atoms with van der Waals surface area (Å²) in [5.74, 6) is -1.42. The number of amides is 1. The molecule has 1 amide bonds. The van der Waals surface area contributed by atoms with Gasteiger partial charge in [-0.3, -0.25) is 24.1 Å². The molecule has 0 saturated carbocycles. The first-order chi connectivity index (χ1) is 21.1. The maximum atomic E-state index is 15.3. The van der Waals surface area contributed by atoms with Crippen molar-refractivity contribution >= 4 is 17.5 Å². The van der Waals surface area contributed by atoms with E-state index in [1.54, 1.807) is 30.6 Å². The molecule has 0 radical (unpaired) electrons. The summed E-state index contributed by atoms with van der Waals surface area (Å²) >= 11 is 6.08. The Hall–Kier alpha value is -5.51. The molecule has 5 aromatic heterocycles. The summed E-state index contributed by atoms with van der Waals surface area (Å²) in [6.07, 6.45) is 3.71. The number of rotatable bonds is 8. The van der Waals surface area contributed by atoms with Gasteiger partial charge in [0.1, 0.15) is 23.8 Å². The summed E-state index contributed by atoms with van der Waals surface area (Å²) < 4.78 is 59.4. The smallest absolute Gasteiger partial charge is 0.364 e. The van der Waals surface area contributed by atoms with Gasteiger partial charge in [0.25, 0.3) is 5.91 Å². The Morgan fingerprint density at radius 1 is 1.02 bits per heavy atom. The maximum absolute atomic E-state index is 15.3. The monoisotopic (exact) mass is 623 g/mol. The van der Waals surface area contributed by atoms with Gasteiger partial charge in [-0.15, -0.1) is 5.10 Å². The van der Waals surface area contributed by atoms with Crippen LogP contribution in [0, 0.1) is 5.82 Å². The molecule has 1 atom stereocenters. The lowest BCUT2D eigenvalue weighted by atomic mass is 10.0. The van der Waals surface area contributed by atoms with Gasteiger partial charge in [-0.1, -0.05) is 17.7 Å². The van der Waals surface area contributed by atoms with Crippen molar-refractivity contribution in [3.8, 4) is 27.9 Å². The molecular formula is C27H18ClF4N11O. The zero-order valence-electron chi connectivity index (χ0n) is 22.1. The Morgan fingerprint density at radius 2 is 1.86 bits per heavy atom. The van der Waals surface area contributed by atoms with E-state index in [0.717, 1.165) is 12.3 Å². The van der Waals surface area contributed by atoms with Crippen molar-refractivity contribution in [2.45, 2.75) is 18.8 Å². The minimum absolute atomic E-state index is 0.0382. The highest BCUT2D eigenvalue weighted by Crippen LogP contribution is 2.34. The van der Waals surface area contributed by atoms with Crippen LogP contribution in [0.15, 0.2) is 79.8 Å². The summed E-state index contributed by atoms with van der Waals surface area (Å²) in [4.78, 5) is 19.6. The number of hydrogen-bond donors (Lipinski definition) is 1. The van der Waals surface area contributed by atoms with Crippen molar-refractivity contribution in [3.63, 3.8) is 0 Å². The highest BCUT2D eigenvalue weighted by molar-refractivity contribution is 6.31. The van der Waals surface area contributed by atoms with Gasteiger partial charge in [-0.05, 0) is 52.4 Å². The topological polar surface area (TPSA) is 148 Å². The number of alkyl halides is 3. The molecule has 1 aromatic carbocycles. The van der Waals surface area contributed by atoms with Crippen molar-refractivity contribution in [1.29, 1.82) is 0 Å². The van der Waals surface area contributed by atoms with Crippen LogP contribution in [0.1, 0.15) is 27.9 Å². The molecule has 2 N–H and O–H groups in total. The molecule has 222 valence electrons. The number of aromatic nitrogens is 10. The molecular weight excluding hydrogens is 606 g/mol. The lowest BCUT2D eigenvalue weighted by Crippen LogP contribution is -2.20. The number of pyridine rings is 2. The minimum atomic E-state index is -4.62. The van der Waals surface area contributed by atoms with Crippen LogP contribution in [0.4, 0.5) is 17.6 Å². The average molecular weight is 624 g/mol. The van der Waals surface area contributed by atoms with E-state index < -0.39 is 29.6 Å². The SMILES string of the molecule is NC(=O)c1ccn(C[C@H](c2ccc(-c3c(-n4cnnn4)ccc(Cl)c3F)cn2)n2cc(-c3ccnc(C(F)(F)F)c3)cn2)n1. The third-order valence-corrected chi connectivity index (χ3v) is 6.93. The molecule has 0 aliphatic carbocycles. The van der Waals surface area contributed by atoms with Gasteiger partial charge < -0.3 is 5.73 Å². The Balaban J connectivity index is 1.39. The number of halogens is 5. The van der Waals surface area contributed by atoms with E-state index in [1.807, 2.05) is 0 Å². The number of nitrogens with two attached hydrogens (primary N) is 1. The van der Waals surface area contributed by atoms with E-state index in [1.165, 1.54) is 51.0 Å². The predicted octanol–water partition coefficient (Wildman–Crippen LogP) is 4.38. The second-order valence-corrected chi connectivity index (χ2v) is 9.83. The molecule has 0 aliphatic heterocycles. The Morgan fingerprint density at radius 3 is 2.55 bits per heavy atom. The molecule has 12 nitrogen and oxygen atoms in total. The van der Waals surface area contributed by atoms with Crippen molar-refractivity contribution < 1.29 is 22.4 Å². The lowest BCUT2D eigenvalue weighted by Gasteiger charge is -2.18. The van der Waals surface area contributed by atoms with Gasteiger partial charge in [-0.2, -0.15) is 28.1 Å². The Bertz CT molecular complexity index is 1950. The highest BCUT2D eigenvalue weighted by atomic mass is 35.5. The summed E-state index contributed by atoms with van der Waals surface area (Å²) in [6.45, 7) is 0.103. The van der Waals surface area contributed by atoms with Crippen LogP contribution < -0.4 is 5.73 Å². The molecule has 0 fully saturated rings. The normalized spacial score (nSPS) is 12.4. The van der Waals surface area contributed by atoms with Crippen LogP contribution >= 0.6 is 11.6 Å². The van der Waals surface area contributed by atoms with Gasteiger partial charge in [0.15, 0.2) is 5.82 Å². The zero-order valence-corrected chi connectivity index (χ0v) is 22.9. The summed E-state index contributed by atoms with van der Waals surface area (Å²) in [5.41, 5.74) is 6.23. The molecule has 6 aromatic rings. The van der Waals surface area contributed by atoms with Gasteiger partial charge in [0.05, 0.1) is 29.1 Å². The quantitative estimate of drug-likeness (QED) is 0.246. The van der Waals surface area contributed by atoms with Gasteiger partial charge in [0, 0.05) is 41.5 Å². The first-order valence-electron chi connectivity index (χ1n) is 12.7. The van der Waals surface area contributed by atoms with Crippen molar-refractivity contribution in [3.05, 3.63) is 108 Å². The molecule has 0 unspecified atom stereocenters. The van der Waals surface area contributed by atoms with Crippen LogP contribution in [-0.2, 0) is 12.7 Å². The van der Waals surface area contributed by atoms with Crippen LogP contribution in [0.5, 0.6) is 0 Å². The largest absolute Gasteiger partial charge is 0.433 e. The number of hydrogen-bond acceptors (Lipinski definition) is 8. The molecule has 44 heavy (non-hydrogen) atoms. The van der Waals surface area contributed by atoms with Crippen molar-refractivity contribution in [2.75, 3.05) is 0 Å². The lowest BCUT2D eigenvalue weighted by molar-refractivity contribution is -0.141. The number of nitrogens with zero attached hydrogens (tertiary/aromatic N) is 10. The fraction of sp³-hybridized carbons (Fsp3) is 0.111. The van der Waals surface area contributed by atoms with Gasteiger partial charge >= 0.3 is 6.18 Å². The molecule has 0 bridgehead atoms. The van der Waals surface area contributed by atoms with E-state index in [9.17, 15) is 18.0 Å². The summed E-state index contributed by atoms with van der Waals surface area (Å²) in [6, 6.07) is 9.35. The average Bonchev–Trinajstić information content (AvgIpc) is 3.80. The van der Waals surface area contributed by atoms with E-state index >= 15 is 4.39 Å². The van der Waals surface area contributed by atoms with Gasteiger partial charge in [-0.25, -0.2) is 4.39 Å². The molecule has 0 aliphatic rings. The van der Waals surface area contributed by atoms with Crippen LogP contribution in [0.2, 0.25) is 5.02 Å². The first-order valence-corrected chi connectivity index (χ1v) is 13.0. The first kappa shape index (κ1) is 28.6. The summed E-state index contributed by atoms with van der Waals surface area (Å²) in [5, 5.41) is 19.5. The second-order valence-electron chi connectivity index (χ2n) is 9.42. The van der Waals surface area contributed by atoms with E-state index in [0.29, 0.717) is 22.5 Å². The van der Waals surface area contributed by atoms with E-state index in [4.69, 9.17) is 17.3 Å². The van der Waals surface area contributed by atoms with Crippen LogP contribution in [-0.4, -0.2) is 55.6 Å². The number of carbonyl (C=O) groups is 1. The number of benzene rings is 1. The van der Waals surface area contributed by atoms with Crippen molar-refractivity contribution in [2.24, 2.45) is 5.73 Å². The molecule has 0 spiro atoms. The van der Waals surface area contributed by atoms with Crippen LogP contribution in [0.25, 0.3) is 27.9 Å². The van der Waals surface area contributed by atoms with E-state index in [-0.39, 0.29) is 28.4 Å². The third-order valence-electron chi connectivity index (χ3n) is 6.64. The Kier molecular flexibility index (Phi) is 7.34. The predicted molar refractivity (Wildman–Crippen MR) is 147 cm³/mol. The molecule has 6 rings (SSSR count). The van der Waals surface area contributed by atoms with E-state index in [2.05, 4.69) is 35.7 Å². The van der Waals surface area contributed by atoms with Crippen LogP contribution in [0.3, 0.4) is 0 Å². The second kappa shape index (κ2) is 11.3. The molecule has 0 saturated heterocycles. The number of tetrazole rings is 1. The minimum Gasteiger partial charge on any atom is -0.364 e. The third kappa shape index (κ3) is 5.61. The zero-order chi connectivity index (χ0) is 31.0. The highest BCUT2D eigenvalue weighted by Gasteiger charge is 2.32. The molecule has 5 heterocycles. The summed E-state index contributed by atoms with van der Waals surface area (Å²) in [7, 11) is 0. The fourth-order valence-electron chi connectivity index (χ4n) is 4.54. The number of primary amides is 1. The Labute approximate surface area is 249 Å². The maximum Gasteiger partial charge on any atom is 0.433 e. The van der Waals surface area contributed by atoms with Crippen molar-refractivity contribution in [1.82, 2.24) is 49.7 Å². The van der Waals surface area contributed by atoms with Gasteiger partial charge in [0.2, 0.25) is 0 Å². The number of carbonyl (C=O) groups excluding carboxylic acids is 1. The fourth-order valence-corrected chi connectivity index (χ4v) is 4.69. The molecule has 17 heteroatoms.